The van der Waals surface area contributed by atoms with Crippen LogP contribution in [0.3, 0.4) is 0 Å². The number of benzene rings is 1. The van der Waals surface area contributed by atoms with Crippen LogP contribution in [0.2, 0.25) is 0 Å². The van der Waals surface area contributed by atoms with Crippen molar-refractivity contribution in [3.8, 4) is 0 Å². The van der Waals surface area contributed by atoms with Gasteiger partial charge in [-0.2, -0.15) is 0 Å². The standard InChI is InChI=1S/C19H25N3O3/c1-18-7-6-12(10-14(18)17(25)20-8-9-23)19(11-18)21-15-5-3-2-4-13(15)16(24)22-19/h2-5,12,14,21,23H,6-11H2,1H3,(H,20,25)(H,22,24)/t12-,14+,18-,19-/m0/s1. The Hall–Kier alpha value is -2.08. The quantitative estimate of drug-likeness (QED) is 0.669. The summed E-state index contributed by atoms with van der Waals surface area (Å²) in [4.78, 5) is 25.2. The van der Waals surface area contributed by atoms with Crippen molar-refractivity contribution in [2.45, 2.75) is 38.3 Å². The third-order valence-electron chi connectivity index (χ3n) is 6.40. The molecule has 3 aliphatic carbocycles. The van der Waals surface area contributed by atoms with Gasteiger partial charge < -0.3 is 21.1 Å². The van der Waals surface area contributed by atoms with E-state index in [1.165, 1.54) is 0 Å². The topological polar surface area (TPSA) is 90.5 Å². The zero-order chi connectivity index (χ0) is 17.7. The number of hydrogen-bond donors (Lipinski definition) is 4. The summed E-state index contributed by atoms with van der Waals surface area (Å²) in [7, 11) is 0. The van der Waals surface area contributed by atoms with Crippen molar-refractivity contribution in [1.29, 1.82) is 0 Å². The van der Waals surface area contributed by atoms with Gasteiger partial charge in [-0.15, -0.1) is 0 Å². The number of aliphatic hydroxyl groups is 1. The third-order valence-corrected chi connectivity index (χ3v) is 6.40. The summed E-state index contributed by atoms with van der Waals surface area (Å²) in [5.41, 5.74) is 0.924. The summed E-state index contributed by atoms with van der Waals surface area (Å²) in [6.45, 7) is 2.40. The number of amides is 2. The normalized spacial score (nSPS) is 35.7. The van der Waals surface area contributed by atoms with Crippen LogP contribution < -0.4 is 16.0 Å². The molecule has 1 spiro atoms. The first-order valence-electron chi connectivity index (χ1n) is 9.06. The number of fused-ring (bicyclic) bond motifs is 3. The van der Waals surface area contributed by atoms with Crippen molar-refractivity contribution in [3.63, 3.8) is 0 Å². The van der Waals surface area contributed by atoms with E-state index in [4.69, 9.17) is 5.11 Å². The molecular formula is C19H25N3O3. The van der Waals surface area contributed by atoms with Gasteiger partial charge in [0.05, 0.1) is 12.2 Å². The van der Waals surface area contributed by atoms with Gasteiger partial charge in [0.15, 0.2) is 0 Å². The van der Waals surface area contributed by atoms with Crippen LogP contribution in [0.1, 0.15) is 43.0 Å². The number of rotatable bonds is 3. The Morgan fingerprint density at radius 3 is 2.92 bits per heavy atom. The van der Waals surface area contributed by atoms with Crippen LogP contribution in [-0.2, 0) is 4.79 Å². The first kappa shape index (κ1) is 16.4. The predicted molar refractivity (Wildman–Crippen MR) is 93.9 cm³/mol. The lowest BCUT2D eigenvalue weighted by Crippen LogP contribution is -2.70. The first-order chi connectivity index (χ1) is 12.0. The summed E-state index contributed by atoms with van der Waals surface area (Å²) in [6.07, 6.45) is 3.47. The van der Waals surface area contributed by atoms with Gasteiger partial charge >= 0.3 is 0 Å². The molecule has 2 amide bonds. The van der Waals surface area contributed by atoms with Gasteiger partial charge in [-0.25, -0.2) is 0 Å². The number of hydrogen-bond acceptors (Lipinski definition) is 4. The van der Waals surface area contributed by atoms with Gasteiger partial charge in [-0.05, 0) is 43.2 Å². The molecule has 1 aromatic rings. The Kier molecular flexibility index (Phi) is 3.76. The van der Waals surface area contributed by atoms with Gasteiger partial charge in [-0.1, -0.05) is 19.1 Å². The van der Waals surface area contributed by atoms with Crippen molar-refractivity contribution in [2.75, 3.05) is 18.5 Å². The molecule has 2 bridgehead atoms. The molecule has 4 N–H and O–H groups in total. The molecule has 25 heavy (non-hydrogen) atoms. The second kappa shape index (κ2) is 5.73. The van der Waals surface area contributed by atoms with Crippen LogP contribution in [0.15, 0.2) is 24.3 Å². The van der Waals surface area contributed by atoms with Crippen LogP contribution in [0.5, 0.6) is 0 Å². The van der Waals surface area contributed by atoms with E-state index in [9.17, 15) is 9.59 Å². The van der Waals surface area contributed by atoms with Gasteiger partial charge in [-0.3, -0.25) is 9.59 Å². The van der Waals surface area contributed by atoms with Crippen molar-refractivity contribution in [3.05, 3.63) is 29.8 Å². The lowest BCUT2D eigenvalue weighted by Gasteiger charge is -2.60. The fraction of sp³-hybridized carbons (Fsp3) is 0.579. The zero-order valence-electron chi connectivity index (χ0n) is 14.5. The maximum absolute atomic E-state index is 12.6. The lowest BCUT2D eigenvalue weighted by molar-refractivity contribution is -0.139. The predicted octanol–water partition coefficient (Wildman–Crippen LogP) is 1.47. The van der Waals surface area contributed by atoms with E-state index >= 15 is 0 Å². The minimum atomic E-state index is -0.466. The van der Waals surface area contributed by atoms with Crippen molar-refractivity contribution < 1.29 is 14.7 Å². The summed E-state index contributed by atoms with van der Waals surface area (Å²) < 4.78 is 0. The van der Waals surface area contributed by atoms with Crippen LogP contribution in [0.25, 0.3) is 0 Å². The molecule has 6 nitrogen and oxygen atoms in total. The summed E-state index contributed by atoms with van der Waals surface area (Å²) in [5, 5.41) is 18.6. The van der Waals surface area contributed by atoms with Crippen LogP contribution >= 0.6 is 0 Å². The molecule has 3 fully saturated rings. The highest BCUT2D eigenvalue weighted by Crippen LogP contribution is 2.58. The highest BCUT2D eigenvalue weighted by Gasteiger charge is 2.60. The zero-order valence-corrected chi connectivity index (χ0v) is 14.5. The molecule has 1 aromatic carbocycles. The molecule has 4 aliphatic rings. The minimum Gasteiger partial charge on any atom is -0.395 e. The highest BCUT2D eigenvalue weighted by molar-refractivity contribution is 6.02. The Labute approximate surface area is 147 Å². The van der Waals surface area contributed by atoms with E-state index in [1.807, 2.05) is 24.3 Å². The minimum absolute atomic E-state index is 0.0265. The number of nitrogens with one attached hydrogen (secondary N) is 3. The van der Waals surface area contributed by atoms with E-state index in [1.54, 1.807) is 0 Å². The SMILES string of the molecule is C[C@@]12CC[C@@H](C[C@@H]1C(=O)NCCO)[C@]1(C2)NC(=O)c2ccccc2N1. The molecule has 5 rings (SSSR count). The second-order valence-electron chi connectivity index (χ2n) is 7.97. The summed E-state index contributed by atoms with van der Waals surface area (Å²) in [5.74, 6) is 0.140. The maximum Gasteiger partial charge on any atom is 0.255 e. The monoisotopic (exact) mass is 343 g/mol. The number of carbonyl (C=O) groups is 2. The Morgan fingerprint density at radius 2 is 2.16 bits per heavy atom. The van der Waals surface area contributed by atoms with E-state index < -0.39 is 5.66 Å². The number of para-hydroxylation sites is 1. The molecule has 6 heteroatoms. The van der Waals surface area contributed by atoms with Gasteiger partial charge in [0.2, 0.25) is 5.91 Å². The molecule has 1 aliphatic heterocycles. The molecule has 0 radical (unpaired) electrons. The summed E-state index contributed by atoms with van der Waals surface area (Å²) >= 11 is 0. The number of aliphatic hydroxyl groups excluding tert-OH is 1. The molecule has 134 valence electrons. The van der Waals surface area contributed by atoms with Crippen LogP contribution in [0, 0.1) is 17.3 Å². The molecular weight excluding hydrogens is 318 g/mol. The van der Waals surface area contributed by atoms with E-state index in [0.29, 0.717) is 12.1 Å². The lowest BCUT2D eigenvalue weighted by atomic mass is 9.51. The fourth-order valence-electron chi connectivity index (χ4n) is 5.16. The van der Waals surface area contributed by atoms with Crippen LogP contribution in [-0.4, -0.2) is 35.7 Å². The molecule has 0 unspecified atom stereocenters. The average molecular weight is 343 g/mol. The summed E-state index contributed by atoms with van der Waals surface area (Å²) in [6, 6.07) is 7.59. The van der Waals surface area contributed by atoms with Gasteiger partial charge in [0.1, 0.15) is 5.66 Å². The van der Waals surface area contributed by atoms with Gasteiger partial charge in [0, 0.05) is 24.1 Å². The molecule has 3 saturated carbocycles. The van der Waals surface area contributed by atoms with E-state index in [0.717, 1.165) is 31.4 Å². The molecule has 4 atom stereocenters. The largest absolute Gasteiger partial charge is 0.395 e. The molecule has 1 heterocycles. The fourth-order valence-corrected chi connectivity index (χ4v) is 5.16. The molecule has 0 saturated heterocycles. The van der Waals surface area contributed by atoms with Crippen molar-refractivity contribution in [2.24, 2.45) is 17.3 Å². The Morgan fingerprint density at radius 1 is 1.36 bits per heavy atom. The first-order valence-corrected chi connectivity index (χ1v) is 9.06. The highest BCUT2D eigenvalue weighted by atomic mass is 16.3. The van der Waals surface area contributed by atoms with Crippen LogP contribution in [0.4, 0.5) is 5.69 Å². The van der Waals surface area contributed by atoms with Crippen molar-refractivity contribution in [1.82, 2.24) is 10.6 Å². The number of anilines is 1. The Balaban J connectivity index is 1.62. The molecule has 0 aromatic heterocycles. The maximum atomic E-state index is 12.6. The van der Waals surface area contributed by atoms with E-state index in [-0.39, 0.29) is 35.7 Å². The third kappa shape index (κ3) is 2.51. The van der Waals surface area contributed by atoms with Gasteiger partial charge in [0.25, 0.3) is 5.91 Å². The smallest absolute Gasteiger partial charge is 0.255 e. The Bertz CT molecular complexity index is 722. The van der Waals surface area contributed by atoms with E-state index in [2.05, 4.69) is 22.9 Å². The number of carbonyl (C=O) groups excluding carboxylic acids is 2. The second-order valence-corrected chi connectivity index (χ2v) is 7.97. The van der Waals surface area contributed by atoms with Crippen molar-refractivity contribution >= 4 is 17.5 Å². The average Bonchev–Trinajstić information content (AvgIpc) is 2.59.